The van der Waals surface area contributed by atoms with Crippen molar-refractivity contribution >= 4 is 41.0 Å². The molecule has 12 rings (SSSR count). The topological polar surface area (TPSA) is 19.6 Å². The largest absolute Gasteiger partial charge is 0.468 e. The van der Waals surface area contributed by atoms with Gasteiger partial charge < -0.3 is 14.2 Å². The summed E-state index contributed by atoms with van der Waals surface area (Å²) in [6.07, 6.45) is 25.8. The predicted molar refractivity (Wildman–Crippen MR) is 294 cm³/mol. The van der Waals surface area contributed by atoms with Crippen LogP contribution in [0, 0.1) is 34.5 Å². The maximum Gasteiger partial charge on any atom is 0.292 e. The summed E-state index contributed by atoms with van der Waals surface area (Å²) in [6, 6.07) is 11.1. The van der Waals surface area contributed by atoms with E-state index >= 15 is 0 Å². The molecular formula is C65H85BN2O. The highest BCUT2D eigenvalue weighted by Gasteiger charge is 2.56. The van der Waals surface area contributed by atoms with E-state index in [1.165, 1.54) is 108 Å². The average Bonchev–Trinajstić information content (AvgIpc) is 3.65. The van der Waals surface area contributed by atoms with Crippen LogP contribution >= 0.6 is 0 Å². The normalized spacial score (nSPS) is 29.4. The van der Waals surface area contributed by atoms with Gasteiger partial charge in [-0.2, -0.15) is 0 Å². The van der Waals surface area contributed by atoms with E-state index in [2.05, 4.69) is 182 Å². The van der Waals surface area contributed by atoms with Crippen LogP contribution in [0.25, 0.3) is 6.08 Å². The number of hydrogen-bond acceptors (Lipinski definition) is 3. The molecule has 0 bridgehead atoms. The molecule has 3 unspecified atom stereocenters. The molecule has 2 aliphatic heterocycles. The summed E-state index contributed by atoms with van der Waals surface area (Å²) in [5.74, 6) is 1.64. The average molecular weight is 921 g/mol. The fourth-order valence-corrected chi connectivity index (χ4v) is 16.1. The van der Waals surface area contributed by atoms with Gasteiger partial charge in [0.25, 0.3) is 6.71 Å². The van der Waals surface area contributed by atoms with Gasteiger partial charge in [-0.15, -0.1) is 0 Å². The van der Waals surface area contributed by atoms with Crippen LogP contribution in [0.3, 0.4) is 0 Å². The van der Waals surface area contributed by atoms with E-state index in [4.69, 9.17) is 4.42 Å². The molecule has 1 saturated carbocycles. The van der Waals surface area contributed by atoms with E-state index in [0.29, 0.717) is 5.92 Å². The molecule has 9 aliphatic rings. The van der Waals surface area contributed by atoms with Crippen molar-refractivity contribution < 1.29 is 4.42 Å². The SMILES string of the molecule is Cc1cc2c(cc1N1C3=C4B(c5cc6c(cc51)C(C)(C)CCC6(C)C)c1oc5c(c1N(C1C=CC6=C(C1)C(C)(C)CCC6(C)C)C4CC=C3)CC1C(=C5)C(C)(C)CCC1(C)C)C(C)(C)CCC2(C)C. The fraction of sp³-hybridized carbons (Fsp3) is 0.600. The number of aryl methyl sites for hydroxylation is 1. The molecule has 4 heteroatoms. The quantitative estimate of drug-likeness (QED) is 0.239. The van der Waals surface area contributed by atoms with Crippen molar-refractivity contribution in [3.8, 4) is 0 Å². The van der Waals surface area contributed by atoms with Crippen LogP contribution in [0.5, 0.6) is 0 Å². The monoisotopic (exact) mass is 921 g/mol. The molecule has 2 aromatic carbocycles. The first-order valence-corrected chi connectivity index (χ1v) is 27.7. The Morgan fingerprint density at radius 3 is 1.81 bits per heavy atom. The van der Waals surface area contributed by atoms with Gasteiger partial charge in [0, 0.05) is 28.7 Å². The molecule has 3 heterocycles. The van der Waals surface area contributed by atoms with Crippen LogP contribution in [-0.4, -0.2) is 18.8 Å². The van der Waals surface area contributed by atoms with E-state index in [0.717, 1.165) is 25.0 Å². The van der Waals surface area contributed by atoms with Gasteiger partial charge in [0.2, 0.25) is 0 Å². The van der Waals surface area contributed by atoms with Crippen molar-refractivity contribution in [2.75, 3.05) is 9.80 Å². The number of rotatable bonds is 2. The summed E-state index contributed by atoms with van der Waals surface area (Å²) in [4.78, 5) is 5.76. The summed E-state index contributed by atoms with van der Waals surface area (Å²) < 4.78 is 7.83. The van der Waals surface area contributed by atoms with Crippen LogP contribution in [0.1, 0.15) is 214 Å². The zero-order valence-corrected chi connectivity index (χ0v) is 46.1. The molecule has 3 aromatic rings. The smallest absolute Gasteiger partial charge is 0.292 e. The Morgan fingerprint density at radius 1 is 0.594 bits per heavy atom. The minimum atomic E-state index is 0.0337. The lowest BCUT2D eigenvalue weighted by atomic mass is 9.33. The van der Waals surface area contributed by atoms with Gasteiger partial charge in [-0.25, -0.2) is 0 Å². The van der Waals surface area contributed by atoms with Gasteiger partial charge >= 0.3 is 0 Å². The lowest BCUT2D eigenvalue weighted by Crippen LogP contribution is -2.64. The van der Waals surface area contributed by atoms with E-state index < -0.39 is 0 Å². The molecule has 3 nitrogen and oxygen atoms in total. The Morgan fingerprint density at radius 2 is 1.16 bits per heavy atom. The molecule has 3 atom stereocenters. The minimum absolute atomic E-state index is 0.0337. The van der Waals surface area contributed by atoms with E-state index in [1.807, 2.05) is 0 Å². The van der Waals surface area contributed by atoms with Crippen molar-refractivity contribution in [3.63, 3.8) is 0 Å². The van der Waals surface area contributed by atoms with Gasteiger partial charge in [0.15, 0.2) is 0 Å². The third kappa shape index (κ3) is 6.49. The summed E-state index contributed by atoms with van der Waals surface area (Å²) in [5.41, 5.74) is 24.8. The number of hydrogen-bond donors (Lipinski definition) is 0. The molecule has 7 aliphatic carbocycles. The van der Waals surface area contributed by atoms with Crippen LogP contribution in [0.2, 0.25) is 0 Å². The first kappa shape index (κ1) is 46.2. The van der Waals surface area contributed by atoms with Crippen molar-refractivity contribution in [1.82, 2.24) is 0 Å². The molecule has 69 heavy (non-hydrogen) atoms. The van der Waals surface area contributed by atoms with Crippen LogP contribution < -0.4 is 20.9 Å². The van der Waals surface area contributed by atoms with E-state index in [1.54, 1.807) is 33.3 Å². The Hall–Kier alpha value is -3.92. The molecular weight excluding hydrogens is 836 g/mol. The van der Waals surface area contributed by atoms with Crippen molar-refractivity contribution in [3.05, 3.63) is 116 Å². The number of nitrogens with zero attached hydrogens (tertiary/aromatic N) is 2. The highest BCUT2D eigenvalue weighted by atomic mass is 16.3. The number of fused-ring (bicyclic) bond motifs is 9. The highest BCUT2D eigenvalue weighted by molar-refractivity contribution is 6.93. The van der Waals surface area contributed by atoms with Crippen LogP contribution in [-0.2, 0) is 28.1 Å². The summed E-state index contributed by atoms with van der Waals surface area (Å²) in [7, 11) is 0. The Balaban J connectivity index is 1.16. The Bertz CT molecular complexity index is 2920. The summed E-state index contributed by atoms with van der Waals surface area (Å²) in [6.45, 7) is 42.7. The molecule has 0 spiro atoms. The van der Waals surface area contributed by atoms with Crippen LogP contribution in [0.15, 0.2) is 80.9 Å². The van der Waals surface area contributed by atoms with Crippen molar-refractivity contribution in [2.45, 2.75) is 222 Å². The Kier molecular flexibility index (Phi) is 9.49. The number of furan rings is 1. The molecule has 0 amide bonds. The van der Waals surface area contributed by atoms with Gasteiger partial charge in [0.1, 0.15) is 5.76 Å². The third-order valence-corrected chi connectivity index (χ3v) is 21.4. The molecule has 1 aromatic heterocycles. The number of benzene rings is 2. The zero-order chi connectivity index (χ0) is 49.1. The molecule has 364 valence electrons. The molecule has 0 N–H and O–H groups in total. The van der Waals surface area contributed by atoms with E-state index in [-0.39, 0.29) is 62.1 Å². The van der Waals surface area contributed by atoms with Gasteiger partial charge in [-0.3, -0.25) is 0 Å². The van der Waals surface area contributed by atoms with Gasteiger partial charge in [0.05, 0.1) is 17.4 Å². The standard InChI is InChI=1S/C65H85BN2O/c1-38-31-42-46(63(12,13)28-25-59(42,4)5)35-52(38)68-51-20-18-19-50-55(51)66(49-34-45-47(36-53(49)68)64(14,15)29-27-62(45,10)11)57-56(40-33-44-48(37-54(40)69-57)65(16,17)30-26-61(44,8)9)67(50)39-21-22-41-43(32-39)60(6,7)24-23-58(41,2)3/h18,20-22,31,34-37,39,44,50H,19,23-30,32-33H2,1-17H3. The first-order valence-electron chi connectivity index (χ1n) is 27.7. The van der Waals surface area contributed by atoms with Crippen molar-refractivity contribution in [1.29, 1.82) is 0 Å². The second kappa shape index (κ2) is 14.2. The van der Waals surface area contributed by atoms with E-state index in [9.17, 15) is 0 Å². The van der Waals surface area contributed by atoms with Gasteiger partial charge in [-0.1, -0.05) is 152 Å². The summed E-state index contributed by atoms with van der Waals surface area (Å²) >= 11 is 0. The van der Waals surface area contributed by atoms with Crippen LogP contribution in [0.4, 0.5) is 17.1 Å². The molecule has 1 fully saturated rings. The fourth-order valence-electron chi connectivity index (χ4n) is 16.1. The zero-order valence-electron chi connectivity index (χ0n) is 46.1. The second-order valence-corrected chi connectivity index (χ2v) is 29.5. The molecule has 0 radical (unpaired) electrons. The summed E-state index contributed by atoms with van der Waals surface area (Å²) in [5, 5.41) is 0. The number of anilines is 3. The number of allylic oxidation sites excluding steroid dienone is 4. The highest BCUT2D eigenvalue weighted by Crippen LogP contribution is 2.60. The maximum absolute atomic E-state index is 7.83. The Labute approximate surface area is 418 Å². The second-order valence-electron chi connectivity index (χ2n) is 29.5. The maximum atomic E-state index is 7.83. The predicted octanol–water partition coefficient (Wildman–Crippen LogP) is 15.9. The third-order valence-electron chi connectivity index (χ3n) is 21.4. The lowest BCUT2D eigenvalue weighted by Gasteiger charge is -2.54. The van der Waals surface area contributed by atoms with Gasteiger partial charge in [-0.05, 0) is 195 Å². The lowest BCUT2D eigenvalue weighted by molar-refractivity contribution is 0.123. The first-order chi connectivity index (χ1) is 32.0. The molecule has 0 saturated heterocycles. The minimum Gasteiger partial charge on any atom is -0.468 e. The van der Waals surface area contributed by atoms with Crippen molar-refractivity contribution in [2.24, 2.45) is 27.6 Å².